The lowest BCUT2D eigenvalue weighted by Crippen LogP contribution is -2.47. The Kier molecular flexibility index (Phi) is 3.93. The summed E-state index contributed by atoms with van der Waals surface area (Å²) in [6.45, 7) is 3.38. The monoisotopic (exact) mass is 263 g/mol. The van der Waals surface area contributed by atoms with E-state index in [1.807, 2.05) is 23.1 Å². The molecule has 0 spiro atoms. The molecule has 0 unspecified atom stereocenters. The fourth-order valence-corrected chi connectivity index (χ4v) is 2.12. The van der Waals surface area contributed by atoms with Crippen molar-refractivity contribution in [1.82, 2.24) is 9.80 Å². The van der Waals surface area contributed by atoms with Crippen LogP contribution in [0.25, 0.3) is 0 Å². The predicted molar refractivity (Wildman–Crippen MR) is 75.7 cm³/mol. The molecule has 1 aromatic carbocycles. The highest BCUT2D eigenvalue weighted by Crippen LogP contribution is 2.10. The number of benzene rings is 1. The molecule has 0 atom stereocenters. The van der Waals surface area contributed by atoms with Gasteiger partial charge in [-0.15, -0.1) is 0 Å². The average Bonchev–Trinajstić information content (AvgIpc) is 2.39. The molecule has 1 aliphatic heterocycles. The van der Waals surface area contributed by atoms with Crippen LogP contribution >= 0.6 is 12.2 Å². The number of carbonyl (C=O) groups is 1. The molecule has 0 aliphatic carbocycles. The molecule has 2 rings (SSSR count). The van der Waals surface area contributed by atoms with Gasteiger partial charge in [0.15, 0.2) is 0 Å². The third kappa shape index (κ3) is 2.86. The van der Waals surface area contributed by atoms with Gasteiger partial charge in [-0.25, -0.2) is 0 Å². The Balaban J connectivity index is 2.13. The molecular weight excluding hydrogens is 246 g/mol. The van der Waals surface area contributed by atoms with Crippen molar-refractivity contribution < 1.29 is 4.79 Å². The van der Waals surface area contributed by atoms with E-state index in [9.17, 15) is 4.79 Å². The van der Waals surface area contributed by atoms with E-state index >= 15 is 0 Å². The Labute approximate surface area is 112 Å². The Hall–Kier alpha value is -1.46. The first kappa shape index (κ1) is 13.0. The van der Waals surface area contributed by atoms with Gasteiger partial charge in [-0.1, -0.05) is 24.4 Å². The van der Waals surface area contributed by atoms with Gasteiger partial charge in [0, 0.05) is 37.3 Å². The largest absolute Gasteiger partial charge is 0.389 e. The van der Waals surface area contributed by atoms with E-state index in [2.05, 4.69) is 11.9 Å². The Morgan fingerprint density at radius 1 is 1.22 bits per heavy atom. The number of piperazine rings is 1. The summed E-state index contributed by atoms with van der Waals surface area (Å²) in [4.78, 5) is 16.7. The first-order valence-corrected chi connectivity index (χ1v) is 6.36. The Morgan fingerprint density at radius 3 is 2.44 bits per heavy atom. The van der Waals surface area contributed by atoms with Crippen LogP contribution in [0.4, 0.5) is 0 Å². The molecule has 96 valence electrons. The minimum atomic E-state index is 0.0567. The van der Waals surface area contributed by atoms with Crippen molar-refractivity contribution in [3.05, 3.63) is 35.4 Å². The second kappa shape index (κ2) is 5.46. The molecule has 1 heterocycles. The highest BCUT2D eigenvalue weighted by atomic mass is 32.1. The molecular formula is C13H17N3OS. The molecule has 1 saturated heterocycles. The van der Waals surface area contributed by atoms with Crippen molar-refractivity contribution in [1.29, 1.82) is 0 Å². The Bertz CT molecular complexity index is 467. The molecule has 4 nitrogen and oxygen atoms in total. The van der Waals surface area contributed by atoms with Gasteiger partial charge in [-0.3, -0.25) is 4.79 Å². The van der Waals surface area contributed by atoms with E-state index in [4.69, 9.17) is 18.0 Å². The van der Waals surface area contributed by atoms with Crippen LogP contribution in [0.3, 0.4) is 0 Å². The zero-order valence-corrected chi connectivity index (χ0v) is 11.2. The minimum absolute atomic E-state index is 0.0567. The van der Waals surface area contributed by atoms with Gasteiger partial charge in [0.2, 0.25) is 0 Å². The maximum atomic E-state index is 12.3. The van der Waals surface area contributed by atoms with Crippen molar-refractivity contribution in [3.63, 3.8) is 0 Å². The standard InChI is InChI=1S/C13H17N3OS/c1-15-5-7-16(8-6-15)13(17)11-4-2-3-10(9-11)12(14)18/h2-4,9H,5-8H2,1H3,(H2,14,18). The molecule has 0 saturated carbocycles. The number of rotatable bonds is 2. The number of hydrogen-bond donors (Lipinski definition) is 1. The molecule has 1 aromatic rings. The second-order valence-electron chi connectivity index (χ2n) is 4.54. The second-order valence-corrected chi connectivity index (χ2v) is 4.98. The van der Waals surface area contributed by atoms with Crippen molar-refractivity contribution in [2.75, 3.05) is 33.2 Å². The fraction of sp³-hybridized carbons (Fsp3) is 0.385. The maximum Gasteiger partial charge on any atom is 0.253 e. The van der Waals surface area contributed by atoms with Gasteiger partial charge in [0.05, 0.1) is 0 Å². The average molecular weight is 263 g/mol. The number of nitrogens with two attached hydrogens (primary N) is 1. The van der Waals surface area contributed by atoms with Crippen LogP contribution in [0.5, 0.6) is 0 Å². The number of amides is 1. The molecule has 0 radical (unpaired) electrons. The van der Waals surface area contributed by atoms with Crippen molar-refractivity contribution in [2.45, 2.75) is 0 Å². The number of nitrogens with zero attached hydrogens (tertiary/aromatic N) is 2. The summed E-state index contributed by atoms with van der Waals surface area (Å²) < 4.78 is 0. The van der Waals surface area contributed by atoms with E-state index in [0.717, 1.165) is 31.7 Å². The first-order valence-electron chi connectivity index (χ1n) is 5.95. The number of likely N-dealkylation sites (N-methyl/N-ethyl adjacent to an activating group) is 1. The predicted octanol–water partition coefficient (Wildman–Crippen LogP) is 0.708. The van der Waals surface area contributed by atoms with Gasteiger partial charge < -0.3 is 15.5 Å². The number of carbonyl (C=O) groups excluding carboxylic acids is 1. The van der Waals surface area contributed by atoms with E-state index in [-0.39, 0.29) is 5.91 Å². The molecule has 0 aromatic heterocycles. The van der Waals surface area contributed by atoms with Crippen LogP contribution in [-0.2, 0) is 0 Å². The molecule has 1 fully saturated rings. The first-order chi connectivity index (χ1) is 8.58. The van der Waals surface area contributed by atoms with Gasteiger partial charge in [0.25, 0.3) is 5.91 Å². The highest BCUT2D eigenvalue weighted by molar-refractivity contribution is 7.80. The van der Waals surface area contributed by atoms with E-state index in [1.165, 1.54) is 0 Å². The third-order valence-corrected chi connectivity index (χ3v) is 3.42. The van der Waals surface area contributed by atoms with Crippen LogP contribution in [0.15, 0.2) is 24.3 Å². The lowest BCUT2D eigenvalue weighted by atomic mass is 10.1. The SMILES string of the molecule is CN1CCN(C(=O)c2cccc(C(N)=S)c2)CC1. The van der Waals surface area contributed by atoms with Crippen molar-refractivity contribution >= 4 is 23.1 Å². The maximum absolute atomic E-state index is 12.3. The normalized spacial score (nSPS) is 16.6. The summed E-state index contributed by atoms with van der Waals surface area (Å²) in [5.41, 5.74) is 6.98. The summed E-state index contributed by atoms with van der Waals surface area (Å²) in [5, 5.41) is 0. The van der Waals surface area contributed by atoms with Gasteiger partial charge in [0.1, 0.15) is 4.99 Å². The van der Waals surface area contributed by atoms with Gasteiger partial charge in [-0.2, -0.15) is 0 Å². The zero-order chi connectivity index (χ0) is 13.1. The minimum Gasteiger partial charge on any atom is -0.389 e. The number of hydrogen-bond acceptors (Lipinski definition) is 3. The summed E-state index contributed by atoms with van der Waals surface area (Å²) in [6.07, 6.45) is 0. The van der Waals surface area contributed by atoms with Crippen LogP contribution in [0, 0.1) is 0 Å². The molecule has 5 heteroatoms. The summed E-state index contributed by atoms with van der Waals surface area (Å²) in [7, 11) is 2.06. The third-order valence-electron chi connectivity index (χ3n) is 3.18. The molecule has 18 heavy (non-hydrogen) atoms. The topological polar surface area (TPSA) is 49.6 Å². The number of thiocarbonyl (C=S) groups is 1. The summed E-state index contributed by atoms with van der Waals surface area (Å²) >= 11 is 4.93. The summed E-state index contributed by atoms with van der Waals surface area (Å²) in [6, 6.07) is 7.21. The van der Waals surface area contributed by atoms with E-state index in [1.54, 1.807) is 6.07 Å². The smallest absolute Gasteiger partial charge is 0.253 e. The van der Waals surface area contributed by atoms with Crippen molar-refractivity contribution in [3.8, 4) is 0 Å². The van der Waals surface area contributed by atoms with Crippen LogP contribution in [0.1, 0.15) is 15.9 Å². The lowest BCUT2D eigenvalue weighted by molar-refractivity contribution is 0.0664. The zero-order valence-electron chi connectivity index (χ0n) is 10.4. The van der Waals surface area contributed by atoms with Crippen LogP contribution in [-0.4, -0.2) is 53.9 Å². The highest BCUT2D eigenvalue weighted by Gasteiger charge is 2.20. The molecule has 2 N–H and O–H groups in total. The molecule has 1 amide bonds. The summed E-state index contributed by atoms with van der Waals surface area (Å²) in [5.74, 6) is 0.0567. The van der Waals surface area contributed by atoms with E-state index in [0.29, 0.717) is 10.6 Å². The molecule has 0 bridgehead atoms. The van der Waals surface area contributed by atoms with Gasteiger partial charge >= 0.3 is 0 Å². The lowest BCUT2D eigenvalue weighted by Gasteiger charge is -2.32. The molecule has 1 aliphatic rings. The van der Waals surface area contributed by atoms with E-state index < -0.39 is 0 Å². The Morgan fingerprint density at radius 2 is 1.83 bits per heavy atom. The fourth-order valence-electron chi connectivity index (χ4n) is 2.00. The van der Waals surface area contributed by atoms with Crippen LogP contribution < -0.4 is 5.73 Å². The van der Waals surface area contributed by atoms with Crippen molar-refractivity contribution in [2.24, 2.45) is 5.73 Å². The van der Waals surface area contributed by atoms with Crippen LogP contribution in [0.2, 0.25) is 0 Å². The quantitative estimate of drug-likeness (QED) is 0.798. The van der Waals surface area contributed by atoms with Gasteiger partial charge in [-0.05, 0) is 19.2 Å².